The number of carbonyl (C=O) groups is 2. The zero-order valence-corrected chi connectivity index (χ0v) is 12.6. The van der Waals surface area contributed by atoms with Gasteiger partial charge in [-0.2, -0.15) is 0 Å². The van der Waals surface area contributed by atoms with Gasteiger partial charge < -0.3 is 15.1 Å². The second-order valence-corrected chi connectivity index (χ2v) is 5.80. The standard InChI is InChI=1S/C15H21N5O2/c21-14(13-11-16-5-6-17-13)19-7-9-20(10-8-19)15(22)18-12-3-1-2-4-12/h5-6,11-12H,1-4,7-10H2,(H,18,22). The first kappa shape index (κ1) is 14.7. The smallest absolute Gasteiger partial charge is 0.317 e. The maximum absolute atomic E-state index is 12.3. The van der Waals surface area contributed by atoms with E-state index < -0.39 is 0 Å². The molecule has 0 bridgehead atoms. The molecule has 0 radical (unpaired) electrons. The van der Waals surface area contributed by atoms with E-state index in [2.05, 4.69) is 15.3 Å². The van der Waals surface area contributed by atoms with E-state index in [1.807, 2.05) is 0 Å². The molecule has 1 aromatic rings. The Balaban J connectivity index is 1.49. The van der Waals surface area contributed by atoms with Crippen LogP contribution in [-0.2, 0) is 0 Å². The topological polar surface area (TPSA) is 78.4 Å². The van der Waals surface area contributed by atoms with Crippen LogP contribution in [-0.4, -0.2) is 63.9 Å². The summed E-state index contributed by atoms with van der Waals surface area (Å²) in [5.74, 6) is -0.121. The number of amides is 3. The largest absolute Gasteiger partial charge is 0.335 e. The lowest BCUT2D eigenvalue weighted by Crippen LogP contribution is -2.54. The molecule has 3 rings (SSSR count). The van der Waals surface area contributed by atoms with E-state index in [1.165, 1.54) is 25.2 Å². The van der Waals surface area contributed by atoms with Crippen LogP contribution in [0, 0.1) is 0 Å². The Bertz CT molecular complexity index is 522. The number of hydrogen-bond acceptors (Lipinski definition) is 4. The van der Waals surface area contributed by atoms with Gasteiger partial charge in [0.1, 0.15) is 5.69 Å². The third-order valence-corrected chi connectivity index (χ3v) is 4.32. The number of nitrogens with zero attached hydrogens (tertiary/aromatic N) is 4. The summed E-state index contributed by atoms with van der Waals surface area (Å²) in [7, 11) is 0. The van der Waals surface area contributed by atoms with Crippen LogP contribution in [0.2, 0.25) is 0 Å². The maximum atomic E-state index is 12.3. The number of nitrogens with one attached hydrogen (secondary N) is 1. The molecule has 0 aromatic carbocycles. The van der Waals surface area contributed by atoms with Crippen LogP contribution in [0.1, 0.15) is 36.2 Å². The molecule has 0 unspecified atom stereocenters. The van der Waals surface area contributed by atoms with Crippen LogP contribution < -0.4 is 5.32 Å². The summed E-state index contributed by atoms with van der Waals surface area (Å²) in [6.45, 7) is 2.19. The minimum atomic E-state index is -0.121. The van der Waals surface area contributed by atoms with Crippen LogP contribution in [0.3, 0.4) is 0 Å². The molecule has 0 spiro atoms. The molecule has 1 aliphatic carbocycles. The van der Waals surface area contributed by atoms with Crippen molar-refractivity contribution >= 4 is 11.9 Å². The monoisotopic (exact) mass is 303 g/mol. The molecule has 2 heterocycles. The average molecular weight is 303 g/mol. The Labute approximate surface area is 129 Å². The number of rotatable bonds is 2. The minimum Gasteiger partial charge on any atom is -0.335 e. The Hall–Kier alpha value is -2.18. The van der Waals surface area contributed by atoms with Crippen molar-refractivity contribution in [1.29, 1.82) is 0 Å². The molecule has 1 N–H and O–H groups in total. The van der Waals surface area contributed by atoms with Crippen LogP contribution in [0.4, 0.5) is 4.79 Å². The lowest BCUT2D eigenvalue weighted by molar-refractivity contribution is 0.0657. The Kier molecular flexibility index (Phi) is 4.50. The average Bonchev–Trinajstić information content (AvgIpc) is 3.08. The van der Waals surface area contributed by atoms with Gasteiger partial charge in [0.15, 0.2) is 0 Å². The number of hydrogen-bond donors (Lipinski definition) is 1. The molecule has 1 aromatic heterocycles. The Morgan fingerprint density at radius 2 is 1.73 bits per heavy atom. The summed E-state index contributed by atoms with van der Waals surface area (Å²) < 4.78 is 0. The summed E-state index contributed by atoms with van der Waals surface area (Å²) >= 11 is 0. The molecular formula is C15H21N5O2. The summed E-state index contributed by atoms with van der Waals surface area (Å²) in [5.41, 5.74) is 0.353. The molecule has 0 atom stereocenters. The predicted octanol–water partition coefficient (Wildman–Crippen LogP) is 0.887. The van der Waals surface area contributed by atoms with E-state index in [-0.39, 0.29) is 11.9 Å². The van der Waals surface area contributed by atoms with Crippen molar-refractivity contribution in [3.63, 3.8) is 0 Å². The first-order chi connectivity index (χ1) is 10.7. The van der Waals surface area contributed by atoms with Crippen LogP contribution in [0.15, 0.2) is 18.6 Å². The van der Waals surface area contributed by atoms with Crippen molar-refractivity contribution in [2.75, 3.05) is 26.2 Å². The van der Waals surface area contributed by atoms with Gasteiger partial charge in [-0.05, 0) is 12.8 Å². The highest BCUT2D eigenvalue weighted by Crippen LogP contribution is 2.18. The second kappa shape index (κ2) is 6.72. The van der Waals surface area contributed by atoms with Gasteiger partial charge in [-0.3, -0.25) is 9.78 Å². The third kappa shape index (κ3) is 3.35. The van der Waals surface area contributed by atoms with E-state index in [0.29, 0.717) is 37.9 Å². The Morgan fingerprint density at radius 3 is 2.36 bits per heavy atom. The molecule has 2 fully saturated rings. The quantitative estimate of drug-likeness (QED) is 0.880. The summed E-state index contributed by atoms with van der Waals surface area (Å²) in [6.07, 6.45) is 9.09. The molecule has 1 saturated heterocycles. The summed E-state index contributed by atoms with van der Waals surface area (Å²) in [6, 6.07) is 0.324. The van der Waals surface area contributed by atoms with E-state index >= 15 is 0 Å². The molecular weight excluding hydrogens is 282 g/mol. The van der Waals surface area contributed by atoms with Crippen LogP contribution in [0.25, 0.3) is 0 Å². The lowest BCUT2D eigenvalue weighted by atomic mass is 10.2. The number of carbonyl (C=O) groups excluding carboxylic acids is 2. The highest BCUT2D eigenvalue weighted by Gasteiger charge is 2.27. The molecule has 7 nitrogen and oxygen atoms in total. The van der Waals surface area contributed by atoms with Crippen molar-refractivity contribution < 1.29 is 9.59 Å². The molecule has 7 heteroatoms. The van der Waals surface area contributed by atoms with Gasteiger partial charge in [0.25, 0.3) is 5.91 Å². The maximum Gasteiger partial charge on any atom is 0.317 e. The van der Waals surface area contributed by atoms with Gasteiger partial charge in [-0.15, -0.1) is 0 Å². The van der Waals surface area contributed by atoms with Crippen molar-refractivity contribution in [3.8, 4) is 0 Å². The first-order valence-electron chi connectivity index (χ1n) is 7.85. The summed E-state index contributed by atoms with van der Waals surface area (Å²) in [5, 5.41) is 3.09. The lowest BCUT2D eigenvalue weighted by Gasteiger charge is -2.35. The molecule has 2 aliphatic rings. The van der Waals surface area contributed by atoms with Gasteiger partial charge in [0, 0.05) is 44.6 Å². The normalized spacial score (nSPS) is 19.3. The fraction of sp³-hybridized carbons (Fsp3) is 0.600. The van der Waals surface area contributed by atoms with Gasteiger partial charge in [0.2, 0.25) is 0 Å². The second-order valence-electron chi connectivity index (χ2n) is 5.80. The number of urea groups is 1. The van der Waals surface area contributed by atoms with Gasteiger partial charge >= 0.3 is 6.03 Å². The molecule has 22 heavy (non-hydrogen) atoms. The van der Waals surface area contributed by atoms with Crippen molar-refractivity contribution in [1.82, 2.24) is 25.1 Å². The molecule has 1 saturated carbocycles. The van der Waals surface area contributed by atoms with E-state index in [4.69, 9.17) is 0 Å². The van der Waals surface area contributed by atoms with E-state index in [9.17, 15) is 9.59 Å². The summed E-state index contributed by atoms with van der Waals surface area (Å²) in [4.78, 5) is 35.9. The first-order valence-corrected chi connectivity index (χ1v) is 7.85. The van der Waals surface area contributed by atoms with Gasteiger partial charge in [0.05, 0.1) is 6.20 Å². The SMILES string of the molecule is O=C(NC1CCCC1)N1CCN(C(=O)c2cnccn2)CC1. The fourth-order valence-electron chi connectivity index (χ4n) is 3.02. The van der Waals surface area contributed by atoms with Crippen LogP contribution >= 0.6 is 0 Å². The van der Waals surface area contributed by atoms with Crippen molar-refractivity contribution in [2.24, 2.45) is 0 Å². The zero-order chi connectivity index (χ0) is 15.4. The number of piperazine rings is 1. The highest BCUT2D eigenvalue weighted by atomic mass is 16.2. The highest BCUT2D eigenvalue weighted by molar-refractivity contribution is 5.92. The Morgan fingerprint density at radius 1 is 1.05 bits per heavy atom. The molecule has 118 valence electrons. The van der Waals surface area contributed by atoms with Gasteiger partial charge in [-0.1, -0.05) is 12.8 Å². The molecule has 3 amide bonds. The fourth-order valence-corrected chi connectivity index (χ4v) is 3.02. The van der Waals surface area contributed by atoms with E-state index in [1.54, 1.807) is 16.0 Å². The van der Waals surface area contributed by atoms with E-state index in [0.717, 1.165) is 12.8 Å². The number of aromatic nitrogens is 2. The zero-order valence-electron chi connectivity index (χ0n) is 12.6. The molecule has 1 aliphatic heterocycles. The van der Waals surface area contributed by atoms with Gasteiger partial charge in [-0.25, -0.2) is 9.78 Å². The third-order valence-electron chi connectivity index (χ3n) is 4.32. The van der Waals surface area contributed by atoms with Crippen molar-refractivity contribution in [2.45, 2.75) is 31.7 Å². The van der Waals surface area contributed by atoms with Crippen LogP contribution in [0.5, 0.6) is 0 Å². The predicted molar refractivity (Wildman–Crippen MR) is 80.3 cm³/mol. The minimum absolute atomic E-state index is 0.00139. The van der Waals surface area contributed by atoms with Crippen molar-refractivity contribution in [3.05, 3.63) is 24.3 Å².